The van der Waals surface area contributed by atoms with Crippen LogP contribution in [0.4, 0.5) is 0 Å². The van der Waals surface area contributed by atoms with Crippen LogP contribution in [-0.2, 0) is 0 Å². The fourth-order valence-corrected chi connectivity index (χ4v) is 2.34. The highest BCUT2D eigenvalue weighted by molar-refractivity contribution is 5.88. The molecule has 0 spiro atoms. The lowest BCUT2D eigenvalue weighted by molar-refractivity contribution is 1.41. The molecule has 0 bridgehead atoms. The van der Waals surface area contributed by atoms with E-state index in [1.807, 2.05) is 13.8 Å². The van der Waals surface area contributed by atoms with Crippen molar-refractivity contribution < 1.29 is 0 Å². The van der Waals surface area contributed by atoms with Crippen molar-refractivity contribution in [2.75, 3.05) is 0 Å². The highest BCUT2D eigenvalue weighted by Gasteiger charge is 2.01. The third-order valence-corrected chi connectivity index (χ3v) is 3.33. The number of rotatable bonds is 1. The molecule has 0 heteroatoms. The smallest absolute Gasteiger partial charge is 0.0157 e. The van der Waals surface area contributed by atoms with Gasteiger partial charge in [-0.05, 0) is 41.3 Å². The maximum absolute atomic E-state index is 2.27. The van der Waals surface area contributed by atoms with Crippen molar-refractivity contribution in [3.63, 3.8) is 0 Å². The molecule has 0 radical (unpaired) electrons. The number of benzene rings is 2. The van der Waals surface area contributed by atoms with E-state index in [1.54, 1.807) is 0 Å². The van der Waals surface area contributed by atoms with Gasteiger partial charge in [-0.3, -0.25) is 0 Å². The normalized spacial score (nSPS) is 13.4. The van der Waals surface area contributed by atoms with Gasteiger partial charge in [-0.1, -0.05) is 80.1 Å². The molecule has 0 aromatic heterocycles. The van der Waals surface area contributed by atoms with Crippen molar-refractivity contribution >= 4 is 16.3 Å². The van der Waals surface area contributed by atoms with Crippen molar-refractivity contribution in [3.8, 4) is 0 Å². The van der Waals surface area contributed by atoms with Gasteiger partial charge in [-0.25, -0.2) is 0 Å². The standard InChI is InChI=1S/C18H16.C2H6/c1-14-8-9-18-13-17(11-10-16(18)12-14)15-6-4-2-3-5-7-15;1-2/h2-4,6-13H,5H2,1H3;1-2H3. The molecule has 1 aliphatic carbocycles. The summed E-state index contributed by atoms with van der Waals surface area (Å²) in [6.45, 7) is 6.13. The lowest BCUT2D eigenvalue weighted by Gasteiger charge is -2.05. The summed E-state index contributed by atoms with van der Waals surface area (Å²) >= 11 is 0. The predicted octanol–water partition coefficient (Wildman–Crippen LogP) is 6.07. The second kappa shape index (κ2) is 6.91. The number of fused-ring (bicyclic) bond motifs is 1. The van der Waals surface area contributed by atoms with Crippen LogP contribution in [-0.4, -0.2) is 0 Å². The number of allylic oxidation sites excluding steroid dienone is 6. The molecular weight excluding hydrogens is 240 g/mol. The van der Waals surface area contributed by atoms with Gasteiger partial charge in [-0.2, -0.15) is 0 Å². The summed E-state index contributed by atoms with van der Waals surface area (Å²) in [6, 6.07) is 13.3. The third-order valence-electron chi connectivity index (χ3n) is 3.33. The van der Waals surface area contributed by atoms with Gasteiger partial charge in [0.25, 0.3) is 0 Å². The summed E-state index contributed by atoms with van der Waals surface area (Å²) in [5.41, 5.74) is 3.92. The van der Waals surface area contributed by atoms with Gasteiger partial charge >= 0.3 is 0 Å². The molecule has 0 nitrogen and oxygen atoms in total. The Morgan fingerprint density at radius 3 is 2.45 bits per heavy atom. The highest BCUT2D eigenvalue weighted by Crippen LogP contribution is 2.24. The molecule has 1 aliphatic rings. The Balaban J connectivity index is 0.000000704. The topological polar surface area (TPSA) is 0 Å². The van der Waals surface area contributed by atoms with Crippen molar-refractivity contribution in [2.45, 2.75) is 27.2 Å². The summed E-state index contributed by atoms with van der Waals surface area (Å²) in [4.78, 5) is 0. The fraction of sp³-hybridized carbons (Fsp3) is 0.200. The average Bonchev–Trinajstić information content (AvgIpc) is 2.78. The second-order valence-corrected chi connectivity index (χ2v) is 4.75. The molecule has 0 saturated carbocycles. The molecule has 0 saturated heterocycles. The molecule has 20 heavy (non-hydrogen) atoms. The molecule has 0 fully saturated rings. The van der Waals surface area contributed by atoms with Crippen LogP contribution in [0, 0.1) is 6.92 Å². The summed E-state index contributed by atoms with van der Waals surface area (Å²) in [5, 5.41) is 2.62. The zero-order valence-corrected chi connectivity index (χ0v) is 12.6. The van der Waals surface area contributed by atoms with Gasteiger partial charge in [0.15, 0.2) is 0 Å². The van der Waals surface area contributed by atoms with Crippen LogP contribution in [0.15, 0.2) is 66.8 Å². The molecule has 3 rings (SSSR count). The second-order valence-electron chi connectivity index (χ2n) is 4.75. The van der Waals surface area contributed by atoms with Crippen molar-refractivity contribution in [3.05, 3.63) is 77.9 Å². The van der Waals surface area contributed by atoms with Crippen LogP contribution >= 0.6 is 0 Å². The summed E-state index contributed by atoms with van der Waals surface area (Å²) in [6.07, 6.45) is 11.8. The molecule has 0 amide bonds. The van der Waals surface area contributed by atoms with Crippen LogP contribution in [0.2, 0.25) is 0 Å². The first kappa shape index (κ1) is 14.3. The Bertz CT molecular complexity index is 669. The van der Waals surface area contributed by atoms with E-state index >= 15 is 0 Å². The number of hydrogen-bond donors (Lipinski definition) is 0. The highest BCUT2D eigenvalue weighted by atomic mass is 14.1. The maximum atomic E-state index is 2.27. The van der Waals surface area contributed by atoms with E-state index in [0.29, 0.717) is 0 Å². The van der Waals surface area contributed by atoms with E-state index in [4.69, 9.17) is 0 Å². The summed E-state index contributed by atoms with van der Waals surface area (Å²) in [5.74, 6) is 0. The van der Waals surface area contributed by atoms with Gasteiger partial charge in [0.05, 0.1) is 0 Å². The van der Waals surface area contributed by atoms with E-state index < -0.39 is 0 Å². The molecule has 0 aliphatic heterocycles. The molecular formula is C20H22. The van der Waals surface area contributed by atoms with E-state index in [2.05, 4.69) is 73.7 Å². The quantitative estimate of drug-likeness (QED) is 0.584. The van der Waals surface area contributed by atoms with Crippen molar-refractivity contribution in [2.24, 2.45) is 0 Å². The Morgan fingerprint density at radius 2 is 1.60 bits per heavy atom. The largest absolute Gasteiger partial charge is 0.0807 e. The Labute approximate surface area is 122 Å². The third kappa shape index (κ3) is 3.27. The molecule has 2 aromatic rings. The van der Waals surface area contributed by atoms with Crippen LogP contribution in [0.1, 0.15) is 31.4 Å². The van der Waals surface area contributed by atoms with Crippen LogP contribution in [0.3, 0.4) is 0 Å². The molecule has 0 atom stereocenters. The molecule has 0 unspecified atom stereocenters. The van der Waals surface area contributed by atoms with Gasteiger partial charge < -0.3 is 0 Å². The van der Waals surface area contributed by atoms with E-state index in [1.165, 1.54) is 27.5 Å². The minimum atomic E-state index is 1.01. The summed E-state index contributed by atoms with van der Waals surface area (Å²) in [7, 11) is 0. The van der Waals surface area contributed by atoms with Gasteiger partial charge in [0, 0.05) is 0 Å². The van der Waals surface area contributed by atoms with E-state index in [0.717, 1.165) is 6.42 Å². The van der Waals surface area contributed by atoms with Gasteiger partial charge in [0.2, 0.25) is 0 Å². The predicted molar refractivity (Wildman–Crippen MR) is 90.9 cm³/mol. The van der Waals surface area contributed by atoms with Gasteiger partial charge in [0.1, 0.15) is 0 Å². The average molecular weight is 262 g/mol. The lowest BCUT2D eigenvalue weighted by Crippen LogP contribution is -1.82. The number of hydrogen-bond acceptors (Lipinski definition) is 0. The molecule has 0 heterocycles. The minimum Gasteiger partial charge on any atom is -0.0807 e. The lowest BCUT2D eigenvalue weighted by atomic mass is 9.99. The van der Waals surface area contributed by atoms with Crippen molar-refractivity contribution in [1.29, 1.82) is 0 Å². The van der Waals surface area contributed by atoms with Crippen LogP contribution in [0.25, 0.3) is 16.3 Å². The van der Waals surface area contributed by atoms with Crippen LogP contribution in [0.5, 0.6) is 0 Å². The number of aryl methyl sites for hydroxylation is 1. The molecule has 0 N–H and O–H groups in total. The first-order chi connectivity index (χ1) is 9.83. The Hall–Kier alpha value is -2.08. The summed E-state index contributed by atoms with van der Waals surface area (Å²) < 4.78 is 0. The van der Waals surface area contributed by atoms with Crippen molar-refractivity contribution in [1.82, 2.24) is 0 Å². The zero-order valence-electron chi connectivity index (χ0n) is 12.6. The first-order valence-corrected chi connectivity index (χ1v) is 7.37. The zero-order chi connectivity index (χ0) is 14.4. The Kier molecular flexibility index (Phi) is 4.95. The minimum absolute atomic E-state index is 1.01. The monoisotopic (exact) mass is 262 g/mol. The Morgan fingerprint density at radius 1 is 0.850 bits per heavy atom. The molecule has 2 aromatic carbocycles. The van der Waals surface area contributed by atoms with Gasteiger partial charge in [-0.15, -0.1) is 0 Å². The maximum Gasteiger partial charge on any atom is -0.0157 e. The van der Waals surface area contributed by atoms with Crippen LogP contribution < -0.4 is 0 Å². The SMILES string of the molecule is CC.Cc1ccc2cc(C3=CCC=CC=C3)ccc2c1. The first-order valence-electron chi connectivity index (χ1n) is 7.37. The van der Waals surface area contributed by atoms with E-state index in [-0.39, 0.29) is 0 Å². The molecule has 102 valence electrons. The van der Waals surface area contributed by atoms with E-state index in [9.17, 15) is 0 Å². The fourth-order valence-electron chi connectivity index (χ4n) is 2.34.